The van der Waals surface area contributed by atoms with Crippen LogP contribution in [0.5, 0.6) is 0 Å². The lowest BCUT2D eigenvalue weighted by Gasteiger charge is -2.06. The maximum Gasteiger partial charge on any atom is 0.490 e. The second kappa shape index (κ2) is 9.03. The van der Waals surface area contributed by atoms with E-state index in [9.17, 15) is 24.5 Å². The van der Waals surface area contributed by atoms with Gasteiger partial charge in [-0.3, -0.25) is 4.79 Å². The number of nitrogens with zero attached hydrogens (tertiary/aromatic N) is 4. The Bertz CT molecular complexity index is 920. The van der Waals surface area contributed by atoms with Gasteiger partial charge < -0.3 is 24.9 Å². The molecule has 0 unspecified atom stereocenters. The Labute approximate surface area is 162 Å². The quantitative estimate of drug-likeness (QED) is 0.387. The standard InChI is InChI=1S/C15H17N5O7S/c1-4-26-13(22)10-8(3)11(14(23)27-5-2)28-12(10)17-9(21)6-19-7-16-15(18-19)20(24)25/h7H,4-6H2,1-3H3,(H,17,21). The summed E-state index contributed by atoms with van der Waals surface area (Å²) < 4.78 is 10.9. The number of hydrogen-bond acceptors (Lipinski definition) is 10. The summed E-state index contributed by atoms with van der Waals surface area (Å²) in [5.74, 6) is -2.58. The first-order valence-electron chi connectivity index (χ1n) is 8.09. The second-order valence-corrected chi connectivity index (χ2v) is 6.27. The monoisotopic (exact) mass is 411 g/mol. The van der Waals surface area contributed by atoms with Crippen LogP contribution in [0.25, 0.3) is 0 Å². The third kappa shape index (κ3) is 4.68. The number of rotatable bonds is 8. The van der Waals surface area contributed by atoms with E-state index < -0.39 is 28.7 Å². The van der Waals surface area contributed by atoms with E-state index in [1.807, 2.05) is 0 Å². The van der Waals surface area contributed by atoms with Crippen molar-refractivity contribution in [1.82, 2.24) is 14.8 Å². The molecule has 0 aliphatic rings. The number of nitrogens with one attached hydrogen (secondary N) is 1. The van der Waals surface area contributed by atoms with Crippen LogP contribution < -0.4 is 5.32 Å². The van der Waals surface area contributed by atoms with E-state index in [0.717, 1.165) is 22.3 Å². The number of thiophene rings is 1. The first kappa shape index (κ1) is 21.0. The number of amides is 1. The van der Waals surface area contributed by atoms with Crippen LogP contribution in [-0.4, -0.2) is 50.7 Å². The highest BCUT2D eigenvalue weighted by Gasteiger charge is 2.27. The molecule has 1 amide bonds. The highest BCUT2D eigenvalue weighted by atomic mass is 32.1. The molecule has 0 aliphatic carbocycles. The first-order chi connectivity index (χ1) is 13.3. The summed E-state index contributed by atoms with van der Waals surface area (Å²) in [5, 5.41) is 16.8. The minimum absolute atomic E-state index is 0.0489. The molecular weight excluding hydrogens is 394 g/mol. The van der Waals surface area contributed by atoms with Crippen molar-refractivity contribution in [2.45, 2.75) is 27.3 Å². The molecule has 0 bridgehead atoms. The van der Waals surface area contributed by atoms with E-state index in [4.69, 9.17) is 9.47 Å². The summed E-state index contributed by atoms with van der Waals surface area (Å²) in [7, 11) is 0. The molecule has 2 heterocycles. The molecule has 0 atom stereocenters. The number of ether oxygens (including phenoxy) is 2. The van der Waals surface area contributed by atoms with Gasteiger partial charge in [0.05, 0.1) is 18.8 Å². The lowest BCUT2D eigenvalue weighted by molar-refractivity contribution is -0.394. The van der Waals surface area contributed by atoms with Crippen LogP contribution in [0.2, 0.25) is 0 Å². The Balaban J connectivity index is 2.27. The molecule has 1 N–H and O–H groups in total. The van der Waals surface area contributed by atoms with Gasteiger partial charge in [0.1, 0.15) is 16.4 Å². The van der Waals surface area contributed by atoms with Gasteiger partial charge in [0, 0.05) is 5.10 Å². The minimum Gasteiger partial charge on any atom is -0.462 e. The van der Waals surface area contributed by atoms with E-state index in [1.54, 1.807) is 20.8 Å². The van der Waals surface area contributed by atoms with E-state index >= 15 is 0 Å². The van der Waals surface area contributed by atoms with Crippen molar-refractivity contribution < 1.29 is 28.8 Å². The summed E-state index contributed by atoms with van der Waals surface area (Å²) in [6, 6.07) is 0. The number of nitro groups is 1. The van der Waals surface area contributed by atoms with Crippen LogP contribution in [0.3, 0.4) is 0 Å². The van der Waals surface area contributed by atoms with Crippen molar-refractivity contribution in [2.75, 3.05) is 18.5 Å². The van der Waals surface area contributed by atoms with Gasteiger partial charge in [0.2, 0.25) is 12.2 Å². The molecule has 0 radical (unpaired) electrons. The van der Waals surface area contributed by atoms with E-state index in [2.05, 4.69) is 15.4 Å². The van der Waals surface area contributed by atoms with E-state index in [1.165, 1.54) is 0 Å². The van der Waals surface area contributed by atoms with Gasteiger partial charge in [-0.1, -0.05) is 4.98 Å². The van der Waals surface area contributed by atoms with Gasteiger partial charge in [-0.05, 0) is 31.3 Å². The maximum absolute atomic E-state index is 12.3. The summed E-state index contributed by atoms with van der Waals surface area (Å²) in [6.07, 6.45) is 1.04. The summed E-state index contributed by atoms with van der Waals surface area (Å²) >= 11 is 0.877. The zero-order valence-electron chi connectivity index (χ0n) is 15.3. The van der Waals surface area contributed by atoms with Gasteiger partial charge >= 0.3 is 17.9 Å². The zero-order chi connectivity index (χ0) is 20.8. The molecule has 0 saturated heterocycles. The van der Waals surface area contributed by atoms with E-state index in [-0.39, 0.29) is 35.2 Å². The molecule has 2 aromatic heterocycles. The predicted molar refractivity (Wildman–Crippen MR) is 96.3 cm³/mol. The molecule has 2 rings (SSSR count). The van der Waals surface area contributed by atoms with Crippen LogP contribution in [0.4, 0.5) is 10.9 Å². The van der Waals surface area contributed by atoms with Gasteiger partial charge in [0.15, 0.2) is 0 Å². The fourth-order valence-corrected chi connectivity index (χ4v) is 3.30. The molecule has 150 valence electrons. The molecule has 0 saturated carbocycles. The Kier molecular flexibility index (Phi) is 6.76. The fraction of sp³-hybridized carbons (Fsp3) is 0.400. The Morgan fingerprint density at radius 1 is 1.25 bits per heavy atom. The largest absolute Gasteiger partial charge is 0.490 e. The topological polar surface area (TPSA) is 156 Å². The van der Waals surface area contributed by atoms with Crippen LogP contribution in [-0.2, 0) is 20.8 Å². The summed E-state index contributed by atoms with van der Waals surface area (Å²) in [4.78, 5) is 50.1. The van der Waals surface area contributed by atoms with Crippen molar-refractivity contribution in [1.29, 1.82) is 0 Å². The Hall–Kier alpha value is -3.35. The molecule has 13 heteroatoms. The zero-order valence-corrected chi connectivity index (χ0v) is 16.1. The van der Waals surface area contributed by atoms with Crippen molar-refractivity contribution in [3.05, 3.63) is 32.4 Å². The van der Waals surface area contributed by atoms with Gasteiger partial charge in [-0.2, -0.15) is 4.68 Å². The van der Waals surface area contributed by atoms with Crippen LogP contribution in [0.1, 0.15) is 39.4 Å². The second-order valence-electron chi connectivity index (χ2n) is 5.25. The third-order valence-electron chi connectivity index (χ3n) is 3.33. The van der Waals surface area contributed by atoms with Crippen molar-refractivity contribution in [3.8, 4) is 0 Å². The van der Waals surface area contributed by atoms with Crippen LogP contribution >= 0.6 is 11.3 Å². The van der Waals surface area contributed by atoms with Crippen molar-refractivity contribution in [2.24, 2.45) is 0 Å². The molecule has 0 fully saturated rings. The lowest BCUT2D eigenvalue weighted by Crippen LogP contribution is -2.20. The number of anilines is 1. The smallest absolute Gasteiger partial charge is 0.462 e. The average Bonchev–Trinajstić information content (AvgIpc) is 3.20. The molecule has 0 aromatic carbocycles. The number of esters is 2. The van der Waals surface area contributed by atoms with E-state index in [0.29, 0.717) is 5.56 Å². The molecular formula is C15H17N5O7S. The van der Waals surface area contributed by atoms with Gasteiger partial charge in [-0.15, -0.1) is 11.3 Å². The van der Waals surface area contributed by atoms with Crippen molar-refractivity contribution >= 4 is 40.1 Å². The molecule has 12 nitrogen and oxygen atoms in total. The fourth-order valence-electron chi connectivity index (χ4n) is 2.20. The van der Waals surface area contributed by atoms with Crippen LogP contribution in [0.15, 0.2) is 6.33 Å². The maximum atomic E-state index is 12.3. The number of hydrogen-bond donors (Lipinski definition) is 1. The normalized spacial score (nSPS) is 10.4. The van der Waals surface area contributed by atoms with Gasteiger partial charge in [0.25, 0.3) is 0 Å². The number of carbonyl (C=O) groups excluding carboxylic acids is 3. The third-order valence-corrected chi connectivity index (χ3v) is 4.52. The van der Waals surface area contributed by atoms with Crippen LogP contribution in [0, 0.1) is 17.0 Å². The lowest BCUT2D eigenvalue weighted by atomic mass is 10.1. The SMILES string of the molecule is CCOC(=O)c1sc(NC(=O)Cn2cnc([N+](=O)[O-])n2)c(C(=O)OCC)c1C. The molecule has 0 spiro atoms. The minimum atomic E-state index is -0.790. The predicted octanol–water partition coefficient (Wildman–Crippen LogP) is 1.55. The highest BCUT2D eigenvalue weighted by molar-refractivity contribution is 7.18. The molecule has 28 heavy (non-hydrogen) atoms. The Morgan fingerprint density at radius 2 is 1.89 bits per heavy atom. The average molecular weight is 411 g/mol. The summed E-state index contributed by atoms with van der Waals surface area (Å²) in [5.41, 5.74) is 0.376. The number of carbonyl (C=O) groups is 3. The summed E-state index contributed by atoms with van der Waals surface area (Å²) in [6.45, 7) is 4.70. The molecule has 2 aromatic rings. The Morgan fingerprint density at radius 3 is 2.46 bits per heavy atom. The van der Waals surface area contributed by atoms with Gasteiger partial charge in [-0.25, -0.2) is 9.59 Å². The molecule has 0 aliphatic heterocycles. The number of aromatic nitrogens is 3. The van der Waals surface area contributed by atoms with Crippen molar-refractivity contribution in [3.63, 3.8) is 0 Å². The first-order valence-corrected chi connectivity index (χ1v) is 8.91. The highest BCUT2D eigenvalue weighted by Crippen LogP contribution is 2.34.